The van der Waals surface area contributed by atoms with Gasteiger partial charge in [0.1, 0.15) is 5.75 Å². The highest BCUT2D eigenvalue weighted by atomic mass is 16.3. The number of aliphatic hydroxyl groups is 1. The summed E-state index contributed by atoms with van der Waals surface area (Å²) in [7, 11) is 0. The Morgan fingerprint density at radius 3 is 2.44 bits per heavy atom. The van der Waals surface area contributed by atoms with Crippen LogP contribution in [0.1, 0.15) is 53.6 Å². The van der Waals surface area contributed by atoms with Crippen molar-refractivity contribution in [1.29, 1.82) is 0 Å². The van der Waals surface area contributed by atoms with Crippen LogP contribution in [-0.2, 0) is 25.6 Å². The summed E-state index contributed by atoms with van der Waals surface area (Å²) < 4.78 is 0. The Balaban J connectivity index is 1.59. The van der Waals surface area contributed by atoms with Gasteiger partial charge >= 0.3 is 0 Å². The lowest BCUT2D eigenvalue weighted by atomic mass is 9.53. The summed E-state index contributed by atoms with van der Waals surface area (Å²) in [6, 6.07) is 3.17. The molecule has 8 nitrogen and oxygen atoms in total. The molecule has 4 aliphatic rings. The first-order valence-electron chi connectivity index (χ1n) is 10.9. The van der Waals surface area contributed by atoms with E-state index in [1.807, 2.05) is 6.08 Å². The van der Waals surface area contributed by atoms with E-state index in [2.05, 4.69) is 0 Å². The highest BCUT2D eigenvalue weighted by Crippen LogP contribution is 2.50. The molecule has 166 valence electrons. The van der Waals surface area contributed by atoms with E-state index in [4.69, 9.17) is 5.73 Å². The number of hydrogen-bond donors (Lipinski definition) is 3. The van der Waals surface area contributed by atoms with Gasteiger partial charge in [-0.05, 0) is 55.2 Å². The maximum atomic E-state index is 13.4. The lowest BCUT2D eigenvalue weighted by molar-refractivity contribution is -0.175. The third kappa shape index (κ3) is 2.68. The molecular formula is C24H23NO7. The van der Waals surface area contributed by atoms with Crippen LogP contribution < -0.4 is 5.73 Å². The van der Waals surface area contributed by atoms with Crippen molar-refractivity contribution in [2.75, 3.05) is 0 Å². The van der Waals surface area contributed by atoms with E-state index in [1.54, 1.807) is 6.07 Å². The maximum Gasteiger partial charge on any atom is 0.235 e. The van der Waals surface area contributed by atoms with Crippen molar-refractivity contribution in [1.82, 2.24) is 0 Å². The standard InChI is InChI=1S/C24H23NO7/c25-23(31)19-16(27)9-13-7-12-8-14-11(6-10-2-1-3-10)4-5-15(26)18(14)20(28)17(12)21(29)24(13,32)22(19)30/h4-6,12-13,17,19,26,32H,1-3,7-9H2,(H2,25,31)/t12-,13+,17?,19?,24+/m1/s1. The summed E-state index contributed by atoms with van der Waals surface area (Å²) >= 11 is 0. The Labute approximate surface area is 183 Å². The third-order valence-corrected chi connectivity index (χ3v) is 7.68. The fourth-order valence-corrected chi connectivity index (χ4v) is 5.87. The van der Waals surface area contributed by atoms with Gasteiger partial charge in [0.15, 0.2) is 34.7 Å². The fourth-order valence-electron chi connectivity index (χ4n) is 5.87. The van der Waals surface area contributed by atoms with Crippen molar-refractivity contribution in [3.05, 3.63) is 34.4 Å². The molecule has 1 amide bonds. The van der Waals surface area contributed by atoms with Gasteiger partial charge in [-0.25, -0.2) is 0 Å². The summed E-state index contributed by atoms with van der Waals surface area (Å²) in [5, 5.41) is 21.6. The van der Waals surface area contributed by atoms with Gasteiger partial charge in [-0.15, -0.1) is 0 Å². The number of primary amides is 1. The minimum absolute atomic E-state index is 0.0427. The first kappa shape index (κ1) is 20.8. The zero-order chi connectivity index (χ0) is 22.9. The molecule has 5 rings (SSSR count). The van der Waals surface area contributed by atoms with Crippen LogP contribution in [0.5, 0.6) is 5.75 Å². The molecule has 8 heteroatoms. The van der Waals surface area contributed by atoms with Crippen LogP contribution >= 0.6 is 0 Å². The van der Waals surface area contributed by atoms with Gasteiger partial charge < -0.3 is 15.9 Å². The highest BCUT2D eigenvalue weighted by Gasteiger charge is 2.66. The van der Waals surface area contributed by atoms with E-state index in [0.717, 1.165) is 24.8 Å². The molecule has 3 saturated carbocycles. The van der Waals surface area contributed by atoms with Crippen molar-refractivity contribution in [3.63, 3.8) is 0 Å². The molecule has 0 bridgehead atoms. The number of phenols is 1. The molecule has 0 aromatic heterocycles. The van der Waals surface area contributed by atoms with Gasteiger partial charge in [-0.1, -0.05) is 17.7 Å². The number of allylic oxidation sites excluding steroid dienone is 1. The topological polar surface area (TPSA) is 152 Å². The molecule has 0 radical (unpaired) electrons. The number of rotatable bonds is 2. The second kappa shape index (κ2) is 6.93. The first-order chi connectivity index (χ1) is 15.1. The summed E-state index contributed by atoms with van der Waals surface area (Å²) in [4.78, 5) is 63.8. The first-order valence-corrected chi connectivity index (χ1v) is 10.9. The smallest absolute Gasteiger partial charge is 0.235 e. The number of carbonyl (C=O) groups is 5. The molecule has 3 fully saturated rings. The molecule has 4 aliphatic carbocycles. The van der Waals surface area contributed by atoms with E-state index < -0.39 is 58.3 Å². The number of hydrogen-bond acceptors (Lipinski definition) is 7. The molecular weight excluding hydrogens is 414 g/mol. The largest absolute Gasteiger partial charge is 0.507 e. The third-order valence-electron chi connectivity index (χ3n) is 7.68. The van der Waals surface area contributed by atoms with Crippen LogP contribution in [0, 0.1) is 23.7 Å². The Kier molecular flexibility index (Phi) is 4.50. The molecule has 32 heavy (non-hydrogen) atoms. The lowest BCUT2D eigenvalue weighted by Crippen LogP contribution is -2.68. The normalized spacial score (nSPS) is 33.7. The highest BCUT2D eigenvalue weighted by molar-refractivity contribution is 6.31. The van der Waals surface area contributed by atoms with Crippen LogP contribution in [0.2, 0.25) is 0 Å². The molecule has 0 saturated heterocycles. The minimum atomic E-state index is -2.61. The van der Waals surface area contributed by atoms with Crippen LogP contribution in [0.15, 0.2) is 17.7 Å². The van der Waals surface area contributed by atoms with Gasteiger partial charge in [0.25, 0.3) is 0 Å². The van der Waals surface area contributed by atoms with Gasteiger partial charge in [0, 0.05) is 12.3 Å². The Morgan fingerprint density at radius 2 is 1.81 bits per heavy atom. The second-order valence-electron chi connectivity index (χ2n) is 9.42. The zero-order valence-corrected chi connectivity index (χ0v) is 17.3. The number of aromatic hydroxyl groups is 1. The van der Waals surface area contributed by atoms with E-state index in [1.165, 1.54) is 11.6 Å². The van der Waals surface area contributed by atoms with E-state index in [9.17, 15) is 34.2 Å². The van der Waals surface area contributed by atoms with Gasteiger partial charge in [-0.2, -0.15) is 0 Å². The summed E-state index contributed by atoms with van der Waals surface area (Å²) in [6.45, 7) is 0. The van der Waals surface area contributed by atoms with Crippen LogP contribution in [-0.4, -0.2) is 44.9 Å². The minimum Gasteiger partial charge on any atom is -0.507 e. The monoisotopic (exact) mass is 437 g/mol. The lowest BCUT2D eigenvalue weighted by Gasteiger charge is -2.48. The fraction of sp³-hybridized carbons (Fsp3) is 0.458. The van der Waals surface area contributed by atoms with E-state index in [-0.39, 0.29) is 24.2 Å². The molecule has 0 aliphatic heterocycles. The molecule has 2 unspecified atom stereocenters. The molecule has 4 N–H and O–H groups in total. The molecule has 5 atom stereocenters. The van der Waals surface area contributed by atoms with Gasteiger partial charge in [-0.3, -0.25) is 24.0 Å². The number of Topliss-reactive ketones (excluding diaryl/α,β-unsaturated/α-hetero) is 4. The van der Waals surface area contributed by atoms with Crippen molar-refractivity contribution in [2.45, 2.75) is 44.1 Å². The number of benzene rings is 1. The van der Waals surface area contributed by atoms with Gasteiger partial charge in [0.2, 0.25) is 5.91 Å². The maximum absolute atomic E-state index is 13.4. The van der Waals surface area contributed by atoms with Gasteiger partial charge in [0.05, 0.1) is 11.5 Å². The van der Waals surface area contributed by atoms with Crippen LogP contribution in [0.3, 0.4) is 0 Å². The molecule has 0 heterocycles. The number of ketones is 4. The van der Waals surface area contributed by atoms with Crippen LogP contribution in [0.25, 0.3) is 6.08 Å². The number of nitrogens with two attached hydrogens (primary N) is 1. The molecule has 1 aromatic carbocycles. The van der Waals surface area contributed by atoms with Crippen molar-refractivity contribution in [2.24, 2.45) is 29.4 Å². The molecule has 0 spiro atoms. The Bertz CT molecular complexity index is 1140. The Morgan fingerprint density at radius 1 is 1.09 bits per heavy atom. The van der Waals surface area contributed by atoms with Crippen molar-refractivity contribution in [3.8, 4) is 5.75 Å². The SMILES string of the molecule is NC(=O)C1C(=O)C[C@@H]2C[C@@H]3Cc4c(C=C5CCC5)ccc(O)c4C(=O)C3C(=O)[C@]2(O)C1=O. The quantitative estimate of drug-likeness (QED) is 0.581. The predicted octanol–water partition coefficient (Wildman–Crippen LogP) is 0.894. The van der Waals surface area contributed by atoms with E-state index in [0.29, 0.717) is 12.0 Å². The summed E-state index contributed by atoms with van der Waals surface area (Å²) in [5.74, 6) is -9.79. The second-order valence-corrected chi connectivity index (χ2v) is 9.42. The van der Waals surface area contributed by atoms with Crippen molar-refractivity contribution >= 4 is 35.1 Å². The summed E-state index contributed by atoms with van der Waals surface area (Å²) in [5.41, 5.74) is 5.33. The van der Waals surface area contributed by atoms with E-state index >= 15 is 0 Å². The molecule has 1 aromatic rings. The van der Waals surface area contributed by atoms with Crippen LogP contribution in [0.4, 0.5) is 0 Å². The zero-order valence-electron chi connectivity index (χ0n) is 17.3. The average Bonchev–Trinajstić information content (AvgIpc) is 2.68. The van der Waals surface area contributed by atoms with Crippen molar-refractivity contribution < 1.29 is 34.2 Å². The predicted molar refractivity (Wildman–Crippen MR) is 110 cm³/mol. The average molecular weight is 437 g/mol. The number of carbonyl (C=O) groups excluding carboxylic acids is 5. The number of amides is 1. The number of fused-ring (bicyclic) bond motifs is 3. The number of phenolic OH excluding ortho intramolecular Hbond substituents is 1. The summed E-state index contributed by atoms with van der Waals surface area (Å²) in [6.07, 6.45) is 5.16. The Hall–Kier alpha value is -3.13.